The van der Waals surface area contributed by atoms with Crippen molar-refractivity contribution in [2.45, 2.75) is 26.2 Å². The molecule has 1 heterocycles. The number of amides is 1. The molecule has 3 rings (SSSR count). The lowest BCUT2D eigenvalue weighted by Crippen LogP contribution is -2.27. The number of thioether (sulfide) groups is 1. The minimum Gasteiger partial charge on any atom is -0.268 e. The van der Waals surface area contributed by atoms with Gasteiger partial charge in [-0.1, -0.05) is 78.7 Å². The molecule has 0 aromatic heterocycles. The van der Waals surface area contributed by atoms with Crippen LogP contribution in [0.25, 0.3) is 6.08 Å². The minimum absolute atomic E-state index is 0.132. The van der Waals surface area contributed by atoms with E-state index in [2.05, 4.69) is 19.1 Å². The van der Waals surface area contributed by atoms with E-state index in [4.69, 9.17) is 35.4 Å². The third kappa shape index (κ3) is 4.32. The summed E-state index contributed by atoms with van der Waals surface area (Å²) in [6.07, 6.45) is 5.12. The molecule has 0 saturated carbocycles. The summed E-state index contributed by atoms with van der Waals surface area (Å²) < 4.78 is 0.521. The lowest BCUT2D eigenvalue weighted by Gasteiger charge is -2.15. The smallest absolute Gasteiger partial charge is 0.268 e. The van der Waals surface area contributed by atoms with Gasteiger partial charge >= 0.3 is 0 Å². The van der Waals surface area contributed by atoms with Crippen molar-refractivity contribution in [2.75, 3.05) is 4.90 Å². The monoisotopic (exact) mass is 421 g/mol. The van der Waals surface area contributed by atoms with Gasteiger partial charge in [0.15, 0.2) is 4.32 Å². The maximum atomic E-state index is 12.8. The Hall–Kier alpha value is -1.33. The fourth-order valence-electron chi connectivity index (χ4n) is 2.64. The van der Waals surface area contributed by atoms with Gasteiger partial charge in [-0.2, -0.15) is 0 Å². The van der Waals surface area contributed by atoms with Crippen LogP contribution in [0.1, 0.15) is 30.9 Å². The summed E-state index contributed by atoms with van der Waals surface area (Å²) in [5.74, 6) is -0.132. The average molecular weight is 422 g/mol. The van der Waals surface area contributed by atoms with Crippen molar-refractivity contribution >= 4 is 69.2 Å². The minimum atomic E-state index is -0.132. The van der Waals surface area contributed by atoms with Gasteiger partial charge in [0.1, 0.15) is 0 Å². The number of rotatable bonds is 5. The molecule has 1 saturated heterocycles. The molecule has 0 atom stereocenters. The van der Waals surface area contributed by atoms with Gasteiger partial charge in [0, 0.05) is 10.0 Å². The molecule has 0 aliphatic carbocycles. The fraction of sp³-hybridized carbons (Fsp3) is 0.200. The van der Waals surface area contributed by atoms with Gasteiger partial charge in [0.2, 0.25) is 0 Å². The molecule has 0 N–H and O–H groups in total. The highest BCUT2D eigenvalue weighted by molar-refractivity contribution is 8.27. The van der Waals surface area contributed by atoms with Crippen molar-refractivity contribution in [1.82, 2.24) is 0 Å². The maximum absolute atomic E-state index is 12.8. The van der Waals surface area contributed by atoms with E-state index in [0.29, 0.717) is 19.3 Å². The second-order valence-corrected chi connectivity index (χ2v) is 8.47. The van der Waals surface area contributed by atoms with Crippen LogP contribution in [-0.2, 0) is 11.2 Å². The van der Waals surface area contributed by atoms with E-state index in [9.17, 15) is 4.79 Å². The van der Waals surface area contributed by atoms with Crippen LogP contribution in [0.15, 0.2) is 47.4 Å². The van der Waals surface area contributed by atoms with E-state index in [-0.39, 0.29) is 5.91 Å². The zero-order chi connectivity index (χ0) is 18.7. The highest BCUT2D eigenvalue weighted by Crippen LogP contribution is 2.37. The molecule has 2 aromatic rings. The summed E-state index contributed by atoms with van der Waals surface area (Å²) in [5.41, 5.74) is 2.80. The molecule has 26 heavy (non-hydrogen) atoms. The van der Waals surface area contributed by atoms with Crippen LogP contribution in [0.3, 0.4) is 0 Å². The second-order valence-electron chi connectivity index (χ2n) is 5.95. The number of aryl methyl sites for hydroxylation is 1. The first-order chi connectivity index (χ1) is 12.5. The fourth-order valence-corrected chi connectivity index (χ4v) is 4.40. The van der Waals surface area contributed by atoms with Crippen LogP contribution >= 0.6 is 47.2 Å². The Balaban J connectivity index is 1.83. The first kappa shape index (κ1) is 19.4. The molecule has 2 aromatic carbocycles. The quantitative estimate of drug-likeness (QED) is 0.393. The largest absolute Gasteiger partial charge is 0.270 e. The van der Waals surface area contributed by atoms with Gasteiger partial charge in [0.05, 0.1) is 10.6 Å². The average Bonchev–Trinajstić information content (AvgIpc) is 2.90. The molecule has 1 aliphatic heterocycles. The zero-order valence-corrected chi connectivity index (χ0v) is 17.3. The van der Waals surface area contributed by atoms with Gasteiger partial charge in [-0.25, -0.2) is 0 Å². The van der Waals surface area contributed by atoms with Gasteiger partial charge in [-0.15, -0.1) is 0 Å². The summed E-state index contributed by atoms with van der Waals surface area (Å²) in [6, 6.07) is 13.2. The van der Waals surface area contributed by atoms with E-state index in [1.165, 1.54) is 17.3 Å². The number of benzene rings is 2. The topological polar surface area (TPSA) is 20.3 Å². The van der Waals surface area contributed by atoms with Crippen LogP contribution in [-0.4, -0.2) is 10.2 Å². The van der Waals surface area contributed by atoms with E-state index in [1.807, 2.05) is 12.1 Å². The lowest BCUT2D eigenvalue weighted by molar-refractivity contribution is -0.113. The molecule has 0 bridgehead atoms. The Labute approximate surface area is 173 Å². The van der Waals surface area contributed by atoms with Gasteiger partial charge in [-0.3, -0.25) is 9.69 Å². The maximum Gasteiger partial charge on any atom is 0.270 e. The molecule has 0 radical (unpaired) electrons. The number of hydrogen-bond acceptors (Lipinski definition) is 3. The first-order valence-corrected chi connectivity index (χ1v) is 10.3. The molecule has 1 amide bonds. The first-order valence-electron chi connectivity index (χ1n) is 8.31. The molecule has 2 nitrogen and oxygen atoms in total. The van der Waals surface area contributed by atoms with E-state index in [0.717, 1.165) is 30.5 Å². The predicted molar refractivity (Wildman–Crippen MR) is 117 cm³/mol. The molecule has 6 heteroatoms. The molecule has 0 spiro atoms. The SMILES string of the molecule is CCCCc1ccc(N2C(=O)C(=Cc3ccc(Cl)cc3Cl)SC2=S)cc1. The van der Waals surface area contributed by atoms with Crippen LogP contribution < -0.4 is 4.90 Å². The molecule has 0 unspecified atom stereocenters. The van der Waals surface area contributed by atoms with Gasteiger partial charge in [0.25, 0.3) is 5.91 Å². The predicted octanol–water partition coefficient (Wildman–Crippen LogP) is 6.74. The number of hydrogen-bond donors (Lipinski definition) is 0. The van der Waals surface area contributed by atoms with E-state index in [1.54, 1.807) is 29.2 Å². The van der Waals surface area contributed by atoms with Crippen molar-refractivity contribution < 1.29 is 4.79 Å². The number of carbonyl (C=O) groups excluding carboxylic acids is 1. The van der Waals surface area contributed by atoms with Crippen molar-refractivity contribution in [2.24, 2.45) is 0 Å². The van der Waals surface area contributed by atoms with Crippen LogP contribution in [0.4, 0.5) is 5.69 Å². The number of halogens is 2. The number of thiocarbonyl (C=S) groups is 1. The summed E-state index contributed by atoms with van der Waals surface area (Å²) in [7, 11) is 0. The van der Waals surface area contributed by atoms with Crippen LogP contribution in [0, 0.1) is 0 Å². The summed E-state index contributed by atoms with van der Waals surface area (Å²) in [5, 5.41) is 1.06. The molecular weight excluding hydrogens is 405 g/mol. The molecular formula is C20H17Cl2NOS2. The lowest BCUT2D eigenvalue weighted by atomic mass is 10.1. The Morgan fingerprint density at radius 2 is 1.88 bits per heavy atom. The zero-order valence-electron chi connectivity index (χ0n) is 14.2. The molecule has 1 fully saturated rings. The number of nitrogens with zero attached hydrogens (tertiary/aromatic N) is 1. The second kappa shape index (κ2) is 8.57. The highest BCUT2D eigenvalue weighted by Gasteiger charge is 2.33. The van der Waals surface area contributed by atoms with E-state index >= 15 is 0 Å². The number of anilines is 1. The van der Waals surface area contributed by atoms with Crippen molar-refractivity contribution in [1.29, 1.82) is 0 Å². The summed E-state index contributed by atoms with van der Waals surface area (Å²) in [4.78, 5) is 15.0. The molecule has 134 valence electrons. The third-order valence-corrected chi connectivity index (χ3v) is 5.92. The number of unbranched alkanes of at least 4 members (excludes halogenated alkanes) is 1. The normalized spacial score (nSPS) is 16.0. The Kier molecular flexibility index (Phi) is 6.41. The van der Waals surface area contributed by atoms with Crippen LogP contribution in [0.5, 0.6) is 0 Å². The van der Waals surface area contributed by atoms with Crippen molar-refractivity contribution in [3.8, 4) is 0 Å². The Bertz CT molecular complexity index is 878. The Morgan fingerprint density at radius 3 is 2.54 bits per heavy atom. The highest BCUT2D eigenvalue weighted by atomic mass is 35.5. The standard InChI is InChI=1S/C20H17Cl2NOS2/c1-2-3-4-13-5-9-16(10-6-13)23-19(24)18(26-20(23)25)11-14-7-8-15(21)12-17(14)22/h5-12H,2-4H2,1H3. The van der Waals surface area contributed by atoms with Crippen LogP contribution in [0.2, 0.25) is 10.0 Å². The van der Waals surface area contributed by atoms with Gasteiger partial charge in [-0.05, 0) is 54.3 Å². The molecule has 1 aliphatic rings. The summed E-state index contributed by atoms with van der Waals surface area (Å²) in [6.45, 7) is 2.17. The van der Waals surface area contributed by atoms with Gasteiger partial charge < -0.3 is 0 Å². The Morgan fingerprint density at radius 1 is 1.15 bits per heavy atom. The van der Waals surface area contributed by atoms with Crippen molar-refractivity contribution in [3.05, 3.63) is 68.5 Å². The number of carbonyl (C=O) groups is 1. The van der Waals surface area contributed by atoms with E-state index < -0.39 is 0 Å². The third-order valence-electron chi connectivity index (χ3n) is 4.06. The summed E-state index contributed by atoms with van der Waals surface area (Å²) >= 11 is 18.8. The van der Waals surface area contributed by atoms with Crippen molar-refractivity contribution in [3.63, 3.8) is 0 Å².